The predicted octanol–water partition coefficient (Wildman–Crippen LogP) is 1.77. The minimum absolute atomic E-state index is 0.309. The van der Waals surface area contributed by atoms with Crippen molar-refractivity contribution in [2.24, 2.45) is 0 Å². The van der Waals surface area contributed by atoms with Gasteiger partial charge in [-0.25, -0.2) is 4.39 Å². The third-order valence-corrected chi connectivity index (χ3v) is 4.09. The average molecular weight is 346 g/mol. The maximum Gasteiger partial charge on any atom is 0.250 e. The minimum atomic E-state index is -0.313. The highest BCUT2D eigenvalue weighted by Gasteiger charge is 2.19. The van der Waals surface area contributed by atoms with E-state index in [4.69, 9.17) is 17.5 Å². The number of piperazine rings is 1. The Labute approximate surface area is 146 Å². The van der Waals surface area contributed by atoms with Gasteiger partial charge in [0.1, 0.15) is 5.82 Å². The monoisotopic (exact) mass is 346 g/mol. The van der Waals surface area contributed by atoms with Crippen molar-refractivity contribution in [3.05, 3.63) is 41.7 Å². The molecule has 0 radical (unpaired) electrons. The molecule has 126 valence electrons. The Morgan fingerprint density at radius 2 is 1.96 bits per heavy atom. The summed E-state index contributed by atoms with van der Waals surface area (Å²) < 4.78 is 12.8. The average Bonchev–Trinajstić information content (AvgIpc) is 2.60. The van der Waals surface area contributed by atoms with Crippen molar-refractivity contribution in [3.8, 4) is 6.07 Å². The lowest BCUT2D eigenvalue weighted by Gasteiger charge is -2.35. The number of amides is 1. The van der Waals surface area contributed by atoms with Crippen molar-refractivity contribution < 1.29 is 9.18 Å². The highest BCUT2D eigenvalue weighted by Crippen LogP contribution is 2.05. The number of thiocarbonyl (C=S) groups is 1. The van der Waals surface area contributed by atoms with Crippen molar-refractivity contribution >= 4 is 29.3 Å². The van der Waals surface area contributed by atoms with E-state index in [9.17, 15) is 9.18 Å². The standard InChI is InChI=1S/C17H19FN4OS/c18-15-5-2-14(3-6-15)4-7-16(23)20-17(24)22-12-10-21(11-13-22)9-1-8-19/h2-7H,1,9-13H2,(H,20,23,24)/b7-4+. The molecule has 1 aromatic carbocycles. The smallest absolute Gasteiger partial charge is 0.250 e. The molecule has 0 bridgehead atoms. The minimum Gasteiger partial charge on any atom is -0.346 e. The fraction of sp³-hybridized carbons (Fsp3) is 0.353. The summed E-state index contributed by atoms with van der Waals surface area (Å²) in [5, 5.41) is 11.7. The lowest BCUT2D eigenvalue weighted by Crippen LogP contribution is -2.52. The van der Waals surface area contributed by atoms with E-state index in [-0.39, 0.29) is 11.7 Å². The molecular formula is C17H19FN4OS. The van der Waals surface area contributed by atoms with Crippen molar-refractivity contribution in [2.45, 2.75) is 6.42 Å². The second-order valence-electron chi connectivity index (χ2n) is 5.42. The number of hydrogen-bond donors (Lipinski definition) is 1. The molecule has 0 aliphatic carbocycles. The molecule has 1 heterocycles. The second kappa shape index (κ2) is 9.11. The number of hydrogen-bond acceptors (Lipinski definition) is 4. The first-order chi connectivity index (χ1) is 11.6. The third-order valence-electron chi connectivity index (χ3n) is 3.73. The third kappa shape index (κ3) is 5.72. The molecule has 7 heteroatoms. The van der Waals surface area contributed by atoms with Gasteiger partial charge in [0.05, 0.1) is 6.07 Å². The van der Waals surface area contributed by atoms with Gasteiger partial charge in [0.2, 0.25) is 5.91 Å². The summed E-state index contributed by atoms with van der Waals surface area (Å²) in [6.45, 7) is 3.87. The lowest BCUT2D eigenvalue weighted by atomic mass is 10.2. The van der Waals surface area contributed by atoms with Gasteiger partial charge in [-0.2, -0.15) is 5.26 Å². The number of halogens is 1. The molecule has 0 spiro atoms. The van der Waals surface area contributed by atoms with E-state index in [1.807, 2.05) is 4.90 Å². The molecule has 1 amide bonds. The van der Waals surface area contributed by atoms with E-state index in [0.29, 0.717) is 11.5 Å². The summed E-state index contributed by atoms with van der Waals surface area (Å²) >= 11 is 5.26. The van der Waals surface area contributed by atoms with Crippen molar-refractivity contribution in [1.29, 1.82) is 5.26 Å². The van der Waals surface area contributed by atoms with Crippen molar-refractivity contribution in [1.82, 2.24) is 15.1 Å². The predicted molar refractivity (Wildman–Crippen MR) is 94.4 cm³/mol. The van der Waals surface area contributed by atoms with Gasteiger partial charge in [-0.3, -0.25) is 15.0 Å². The fourth-order valence-corrected chi connectivity index (χ4v) is 2.64. The molecule has 1 saturated heterocycles. The molecule has 1 aliphatic rings. The lowest BCUT2D eigenvalue weighted by molar-refractivity contribution is -0.115. The van der Waals surface area contributed by atoms with Crippen LogP contribution in [0.1, 0.15) is 12.0 Å². The summed E-state index contributed by atoms with van der Waals surface area (Å²) in [7, 11) is 0. The number of nitrogens with zero attached hydrogens (tertiary/aromatic N) is 3. The molecule has 0 saturated carbocycles. The van der Waals surface area contributed by atoms with Gasteiger partial charge in [-0.05, 0) is 36.0 Å². The molecule has 1 N–H and O–H groups in total. The van der Waals surface area contributed by atoms with Gasteiger partial charge in [0.15, 0.2) is 5.11 Å². The van der Waals surface area contributed by atoms with Crippen LogP contribution in [-0.4, -0.2) is 53.5 Å². The van der Waals surface area contributed by atoms with Crippen LogP contribution in [0.25, 0.3) is 6.08 Å². The summed E-state index contributed by atoms with van der Waals surface area (Å²) in [4.78, 5) is 16.1. The van der Waals surface area contributed by atoms with E-state index in [2.05, 4.69) is 16.3 Å². The molecule has 1 aliphatic heterocycles. The van der Waals surface area contributed by atoms with Crippen LogP contribution in [-0.2, 0) is 4.79 Å². The van der Waals surface area contributed by atoms with Crippen LogP contribution in [0, 0.1) is 17.1 Å². The van der Waals surface area contributed by atoms with Crippen LogP contribution in [0.2, 0.25) is 0 Å². The molecule has 0 atom stereocenters. The summed E-state index contributed by atoms with van der Waals surface area (Å²) in [6, 6.07) is 8.01. The summed E-state index contributed by atoms with van der Waals surface area (Å²) in [6.07, 6.45) is 3.51. The maximum atomic E-state index is 12.8. The zero-order chi connectivity index (χ0) is 17.4. The highest BCUT2D eigenvalue weighted by atomic mass is 32.1. The van der Waals surface area contributed by atoms with Gasteiger partial charge in [-0.15, -0.1) is 0 Å². The van der Waals surface area contributed by atoms with Gasteiger partial charge < -0.3 is 4.90 Å². The number of nitrogens with one attached hydrogen (secondary N) is 1. The van der Waals surface area contributed by atoms with E-state index in [1.54, 1.807) is 18.2 Å². The number of carbonyl (C=O) groups is 1. The fourth-order valence-electron chi connectivity index (χ4n) is 2.35. The number of benzene rings is 1. The van der Waals surface area contributed by atoms with Gasteiger partial charge in [0.25, 0.3) is 0 Å². The highest BCUT2D eigenvalue weighted by molar-refractivity contribution is 7.80. The van der Waals surface area contributed by atoms with Gasteiger partial charge in [-0.1, -0.05) is 12.1 Å². The Morgan fingerprint density at radius 1 is 1.29 bits per heavy atom. The molecule has 1 fully saturated rings. The number of carbonyl (C=O) groups excluding carboxylic acids is 1. The van der Waals surface area contributed by atoms with E-state index < -0.39 is 0 Å². The molecular weight excluding hydrogens is 327 g/mol. The molecule has 2 rings (SSSR count). The summed E-state index contributed by atoms with van der Waals surface area (Å²) in [5.74, 6) is -0.622. The van der Waals surface area contributed by atoms with Crippen molar-refractivity contribution in [2.75, 3.05) is 32.7 Å². The number of rotatable bonds is 4. The van der Waals surface area contributed by atoms with Crippen LogP contribution in [0.4, 0.5) is 4.39 Å². The van der Waals surface area contributed by atoms with E-state index >= 15 is 0 Å². The van der Waals surface area contributed by atoms with Crippen LogP contribution in [0.15, 0.2) is 30.3 Å². The van der Waals surface area contributed by atoms with Crippen LogP contribution < -0.4 is 5.32 Å². The SMILES string of the molecule is N#CCCN1CCN(C(=S)NC(=O)/C=C/c2ccc(F)cc2)CC1. The first-order valence-electron chi connectivity index (χ1n) is 7.71. The zero-order valence-electron chi connectivity index (χ0n) is 13.2. The Kier molecular flexibility index (Phi) is 6.85. The zero-order valence-corrected chi connectivity index (χ0v) is 14.1. The van der Waals surface area contributed by atoms with Crippen molar-refractivity contribution in [3.63, 3.8) is 0 Å². The van der Waals surface area contributed by atoms with Gasteiger partial charge in [0, 0.05) is 45.2 Å². The molecule has 1 aromatic rings. The Bertz CT molecular complexity index is 646. The normalized spacial score (nSPS) is 15.2. The number of nitriles is 1. The largest absolute Gasteiger partial charge is 0.346 e. The molecule has 5 nitrogen and oxygen atoms in total. The van der Waals surface area contributed by atoms with Gasteiger partial charge >= 0.3 is 0 Å². The van der Waals surface area contributed by atoms with E-state index in [0.717, 1.165) is 38.3 Å². The van der Waals surface area contributed by atoms with Crippen LogP contribution in [0.5, 0.6) is 0 Å². The van der Waals surface area contributed by atoms with E-state index in [1.165, 1.54) is 18.2 Å². The Hall–Kier alpha value is -2.30. The van der Waals surface area contributed by atoms with Crippen LogP contribution in [0.3, 0.4) is 0 Å². The summed E-state index contributed by atoms with van der Waals surface area (Å²) in [5.41, 5.74) is 0.739. The first-order valence-corrected chi connectivity index (χ1v) is 8.12. The molecule has 24 heavy (non-hydrogen) atoms. The quantitative estimate of drug-likeness (QED) is 0.665. The topological polar surface area (TPSA) is 59.4 Å². The Balaban J connectivity index is 1.77. The Morgan fingerprint density at radius 3 is 2.58 bits per heavy atom. The molecule has 0 aromatic heterocycles. The second-order valence-corrected chi connectivity index (χ2v) is 5.80. The first kappa shape index (κ1) is 18.0. The molecule has 0 unspecified atom stereocenters. The maximum absolute atomic E-state index is 12.8. The van der Waals surface area contributed by atoms with Crippen LogP contribution >= 0.6 is 12.2 Å².